The largest absolute Gasteiger partial charge is 0.389 e. The van der Waals surface area contributed by atoms with Crippen molar-refractivity contribution in [2.75, 3.05) is 45.9 Å². The van der Waals surface area contributed by atoms with Gasteiger partial charge in [-0.25, -0.2) is 0 Å². The zero-order valence-corrected chi connectivity index (χ0v) is 20.5. The molecule has 162 valence electrons. The van der Waals surface area contributed by atoms with Crippen molar-refractivity contribution in [2.45, 2.75) is 45.8 Å². The Labute approximate surface area is 191 Å². The Morgan fingerprint density at radius 2 is 2.04 bits per heavy atom. The minimum absolute atomic E-state index is 0. The van der Waals surface area contributed by atoms with Crippen molar-refractivity contribution >= 4 is 41.3 Å². The van der Waals surface area contributed by atoms with Gasteiger partial charge in [0.1, 0.15) is 0 Å². The van der Waals surface area contributed by atoms with Gasteiger partial charge in [-0.05, 0) is 50.2 Å². The molecule has 1 fully saturated rings. The predicted molar refractivity (Wildman–Crippen MR) is 129 cm³/mol. The average Bonchev–Trinajstić information content (AvgIpc) is 3.34. The van der Waals surface area contributed by atoms with Gasteiger partial charge in [0.15, 0.2) is 5.96 Å². The molecule has 2 heterocycles. The Morgan fingerprint density at radius 1 is 1.29 bits per heavy atom. The molecule has 2 rings (SSSR count). The van der Waals surface area contributed by atoms with Crippen LogP contribution in [0.25, 0.3) is 0 Å². The van der Waals surface area contributed by atoms with E-state index >= 15 is 0 Å². The highest BCUT2D eigenvalue weighted by Gasteiger charge is 2.24. The molecule has 1 aromatic heterocycles. The van der Waals surface area contributed by atoms with Crippen LogP contribution in [0, 0.1) is 5.92 Å². The fraction of sp³-hybridized carbons (Fsp3) is 0.750. The molecule has 1 saturated heterocycles. The number of nitrogens with one attached hydrogen (secondary N) is 2. The first-order valence-electron chi connectivity index (χ1n) is 10.2. The van der Waals surface area contributed by atoms with E-state index in [0.717, 1.165) is 32.1 Å². The van der Waals surface area contributed by atoms with Gasteiger partial charge in [0, 0.05) is 24.6 Å². The quantitative estimate of drug-likeness (QED) is 0.236. The fourth-order valence-electron chi connectivity index (χ4n) is 3.17. The Kier molecular flexibility index (Phi) is 13.3. The lowest BCUT2D eigenvalue weighted by Gasteiger charge is -2.27. The number of ether oxygens (including phenoxy) is 1. The molecule has 1 aliphatic rings. The number of nitrogens with zero attached hydrogens (tertiary/aromatic N) is 2. The van der Waals surface area contributed by atoms with E-state index in [-0.39, 0.29) is 24.0 Å². The number of guanidine groups is 1. The number of aliphatic imine (C=N–C) groups is 1. The summed E-state index contributed by atoms with van der Waals surface area (Å²) < 4.78 is 5.50. The van der Waals surface area contributed by atoms with Crippen molar-refractivity contribution in [1.82, 2.24) is 15.5 Å². The first-order valence-corrected chi connectivity index (χ1v) is 11.0. The average molecular weight is 525 g/mol. The van der Waals surface area contributed by atoms with Crippen molar-refractivity contribution in [3.63, 3.8) is 0 Å². The Bertz CT molecular complexity index is 536. The highest BCUT2D eigenvalue weighted by Crippen LogP contribution is 2.27. The van der Waals surface area contributed by atoms with Crippen LogP contribution >= 0.6 is 35.3 Å². The molecule has 0 saturated carbocycles. The van der Waals surface area contributed by atoms with Gasteiger partial charge in [0.05, 0.1) is 25.3 Å². The van der Waals surface area contributed by atoms with E-state index in [2.05, 4.69) is 58.8 Å². The molecule has 0 radical (unpaired) electrons. The van der Waals surface area contributed by atoms with Crippen molar-refractivity contribution < 1.29 is 9.84 Å². The van der Waals surface area contributed by atoms with E-state index in [1.807, 2.05) is 11.3 Å². The van der Waals surface area contributed by atoms with Crippen molar-refractivity contribution in [3.8, 4) is 0 Å². The number of hydrogen-bond donors (Lipinski definition) is 3. The van der Waals surface area contributed by atoms with E-state index in [1.165, 1.54) is 17.7 Å². The number of rotatable bonds is 11. The normalized spacial score (nSPS) is 17.4. The lowest BCUT2D eigenvalue weighted by atomic mass is 10.2. The van der Waals surface area contributed by atoms with E-state index in [0.29, 0.717) is 31.7 Å². The third-order valence-corrected chi connectivity index (χ3v) is 5.46. The number of thiophene rings is 1. The van der Waals surface area contributed by atoms with Gasteiger partial charge in [-0.3, -0.25) is 9.89 Å². The molecule has 28 heavy (non-hydrogen) atoms. The standard InChI is InChI=1S/C20H36N4O2S.HI/c1-4-21-20(22-12-17(25)15-26-14-16(2)3)23-13-18(19-8-7-11-27-19)24-9-5-6-10-24;/h7-8,11,16-18,25H,4-6,9-10,12-15H2,1-3H3,(H2,21,22,23);1H. The monoisotopic (exact) mass is 524 g/mol. The van der Waals surface area contributed by atoms with Gasteiger partial charge in [0.2, 0.25) is 0 Å². The maximum Gasteiger partial charge on any atom is 0.191 e. The van der Waals surface area contributed by atoms with Crippen LogP contribution in [-0.4, -0.2) is 68.0 Å². The van der Waals surface area contributed by atoms with Gasteiger partial charge >= 0.3 is 0 Å². The number of aliphatic hydroxyl groups is 1. The van der Waals surface area contributed by atoms with Crippen molar-refractivity contribution in [3.05, 3.63) is 22.4 Å². The number of hydrogen-bond acceptors (Lipinski definition) is 5. The number of likely N-dealkylation sites (tertiary alicyclic amines) is 1. The first-order chi connectivity index (χ1) is 13.1. The number of aliphatic hydroxyl groups excluding tert-OH is 1. The maximum atomic E-state index is 10.1. The second-order valence-electron chi connectivity index (χ2n) is 7.46. The topological polar surface area (TPSA) is 69.1 Å². The molecular weight excluding hydrogens is 487 g/mol. The highest BCUT2D eigenvalue weighted by atomic mass is 127. The van der Waals surface area contributed by atoms with Gasteiger partial charge in [-0.2, -0.15) is 0 Å². The second-order valence-corrected chi connectivity index (χ2v) is 8.44. The Morgan fingerprint density at radius 3 is 2.64 bits per heavy atom. The van der Waals surface area contributed by atoms with Gasteiger partial charge in [0.25, 0.3) is 0 Å². The molecule has 3 N–H and O–H groups in total. The minimum Gasteiger partial charge on any atom is -0.389 e. The van der Waals surface area contributed by atoms with E-state index in [1.54, 1.807) is 0 Å². The minimum atomic E-state index is -0.578. The summed E-state index contributed by atoms with van der Waals surface area (Å²) in [5.74, 6) is 1.22. The zero-order valence-electron chi connectivity index (χ0n) is 17.4. The summed E-state index contributed by atoms with van der Waals surface area (Å²) in [7, 11) is 0. The van der Waals surface area contributed by atoms with Crippen LogP contribution in [0.1, 0.15) is 44.5 Å². The predicted octanol–water partition coefficient (Wildman–Crippen LogP) is 3.09. The van der Waals surface area contributed by atoms with E-state index in [4.69, 9.17) is 4.74 Å². The molecule has 1 aliphatic heterocycles. The van der Waals surface area contributed by atoms with Crippen LogP contribution in [0.3, 0.4) is 0 Å². The summed E-state index contributed by atoms with van der Waals surface area (Å²) in [6, 6.07) is 4.71. The van der Waals surface area contributed by atoms with Gasteiger partial charge in [-0.1, -0.05) is 19.9 Å². The molecular formula is C20H37IN4O2S. The third kappa shape index (κ3) is 9.39. The Balaban J connectivity index is 0.00000392. The summed E-state index contributed by atoms with van der Waals surface area (Å²) >= 11 is 1.81. The van der Waals surface area contributed by atoms with Gasteiger partial charge < -0.3 is 20.5 Å². The molecule has 8 heteroatoms. The molecule has 6 nitrogen and oxygen atoms in total. The molecule has 0 spiro atoms. The van der Waals surface area contributed by atoms with Crippen LogP contribution < -0.4 is 10.6 Å². The smallest absolute Gasteiger partial charge is 0.191 e. The first kappa shape index (κ1) is 25.6. The van der Waals surface area contributed by atoms with Crippen molar-refractivity contribution in [1.29, 1.82) is 0 Å². The van der Waals surface area contributed by atoms with Crippen LogP contribution in [0.15, 0.2) is 22.5 Å². The summed E-state index contributed by atoms with van der Waals surface area (Å²) in [4.78, 5) is 8.48. The summed E-state index contributed by atoms with van der Waals surface area (Å²) in [5, 5.41) is 19.0. The lowest BCUT2D eigenvalue weighted by molar-refractivity contribution is 0.0301. The zero-order chi connectivity index (χ0) is 19.5. The Hall–Kier alpha value is -0.420. The number of halogens is 1. The van der Waals surface area contributed by atoms with Gasteiger partial charge in [-0.15, -0.1) is 35.3 Å². The molecule has 0 amide bonds. The van der Waals surface area contributed by atoms with Crippen LogP contribution in [-0.2, 0) is 4.74 Å². The molecule has 2 atom stereocenters. The van der Waals surface area contributed by atoms with Crippen LogP contribution in [0.2, 0.25) is 0 Å². The summed E-state index contributed by atoms with van der Waals surface area (Å²) in [6.45, 7) is 11.5. The SMILES string of the molecule is CCNC(=NCC(O)COCC(C)C)NCC(c1cccs1)N1CCCC1.I. The summed E-state index contributed by atoms with van der Waals surface area (Å²) in [5.41, 5.74) is 0. The van der Waals surface area contributed by atoms with E-state index < -0.39 is 6.10 Å². The maximum absolute atomic E-state index is 10.1. The molecule has 0 bridgehead atoms. The van der Waals surface area contributed by atoms with Crippen LogP contribution in [0.5, 0.6) is 0 Å². The van der Waals surface area contributed by atoms with E-state index in [9.17, 15) is 5.11 Å². The highest BCUT2D eigenvalue weighted by molar-refractivity contribution is 14.0. The molecule has 0 aromatic carbocycles. The lowest BCUT2D eigenvalue weighted by Crippen LogP contribution is -2.43. The molecule has 2 unspecified atom stereocenters. The fourth-order valence-corrected chi connectivity index (χ4v) is 4.03. The molecule has 1 aromatic rings. The van der Waals surface area contributed by atoms with Crippen molar-refractivity contribution in [2.24, 2.45) is 10.9 Å². The second kappa shape index (κ2) is 14.5. The third-order valence-electron chi connectivity index (χ3n) is 4.48. The van der Waals surface area contributed by atoms with Crippen LogP contribution in [0.4, 0.5) is 0 Å². The molecule has 0 aliphatic carbocycles. The summed E-state index contributed by atoms with van der Waals surface area (Å²) in [6.07, 6.45) is 1.97.